The normalized spacial score (nSPS) is 11.7. The molecular formula is C19H19N3O3. The van der Waals surface area contributed by atoms with Gasteiger partial charge in [-0.05, 0) is 34.4 Å². The second-order valence-corrected chi connectivity index (χ2v) is 6.01. The second-order valence-electron chi connectivity index (χ2n) is 6.01. The van der Waals surface area contributed by atoms with Crippen LogP contribution >= 0.6 is 0 Å². The van der Waals surface area contributed by atoms with Gasteiger partial charge in [0.25, 0.3) is 5.56 Å². The standard InChI is InChI=1S/C19H19N3O3/c1-24-6-7-25-11-22-19(23)18-15-9-13-5-3-2-4-12(13)8-14(15)16(20)10-17(18)21-22/h2-5,8-10,21H,6-7,11,20H2,1H3. The summed E-state index contributed by atoms with van der Waals surface area (Å²) in [4.78, 5) is 12.8. The molecule has 3 N–H and O–H groups in total. The first-order valence-corrected chi connectivity index (χ1v) is 8.09. The van der Waals surface area contributed by atoms with Gasteiger partial charge in [-0.1, -0.05) is 24.3 Å². The molecule has 0 aliphatic carbocycles. The molecule has 0 unspecified atom stereocenters. The van der Waals surface area contributed by atoms with E-state index in [1.54, 1.807) is 13.2 Å². The smallest absolute Gasteiger partial charge is 0.277 e. The fourth-order valence-corrected chi connectivity index (χ4v) is 3.18. The highest BCUT2D eigenvalue weighted by Crippen LogP contribution is 2.31. The van der Waals surface area contributed by atoms with E-state index in [0.717, 1.165) is 21.5 Å². The zero-order valence-corrected chi connectivity index (χ0v) is 13.9. The summed E-state index contributed by atoms with van der Waals surface area (Å²) in [7, 11) is 1.61. The van der Waals surface area contributed by atoms with E-state index >= 15 is 0 Å². The van der Waals surface area contributed by atoms with Gasteiger partial charge in [0.1, 0.15) is 6.73 Å². The van der Waals surface area contributed by atoms with E-state index in [-0.39, 0.29) is 12.3 Å². The number of rotatable bonds is 5. The van der Waals surface area contributed by atoms with Crippen LogP contribution in [0.3, 0.4) is 0 Å². The predicted octanol–water partition coefficient (Wildman–Crippen LogP) is 2.84. The Morgan fingerprint density at radius 2 is 1.80 bits per heavy atom. The molecule has 0 spiro atoms. The van der Waals surface area contributed by atoms with Crippen molar-refractivity contribution in [2.45, 2.75) is 6.73 Å². The second kappa shape index (κ2) is 6.23. The molecule has 4 rings (SSSR count). The summed E-state index contributed by atoms with van der Waals surface area (Å²) in [5.41, 5.74) is 7.47. The largest absolute Gasteiger partial charge is 0.398 e. The molecule has 0 fully saturated rings. The number of methoxy groups -OCH3 is 1. The Hall–Kier alpha value is -2.83. The first-order chi connectivity index (χ1) is 12.2. The summed E-state index contributed by atoms with van der Waals surface area (Å²) in [5.74, 6) is 0. The summed E-state index contributed by atoms with van der Waals surface area (Å²) in [6, 6.07) is 13.9. The molecule has 1 aromatic heterocycles. The van der Waals surface area contributed by atoms with Gasteiger partial charge in [-0.3, -0.25) is 9.89 Å². The molecular weight excluding hydrogens is 318 g/mol. The van der Waals surface area contributed by atoms with Crippen molar-refractivity contribution in [1.29, 1.82) is 0 Å². The van der Waals surface area contributed by atoms with Crippen LogP contribution in [0.2, 0.25) is 0 Å². The predicted molar refractivity (Wildman–Crippen MR) is 99.8 cm³/mol. The molecule has 0 radical (unpaired) electrons. The number of benzene rings is 3. The molecule has 6 heteroatoms. The average Bonchev–Trinajstić information content (AvgIpc) is 2.93. The van der Waals surface area contributed by atoms with Crippen LogP contribution in [-0.2, 0) is 16.2 Å². The molecule has 0 aliphatic rings. The number of nitrogens with one attached hydrogen (secondary N) is 1. The van der Waals surface area contributed by atoms with Crippen LogP contribution < -0.4 is 11.3 Å². The molecule has 0 aliphatic heterocycles. The lowest BCUT2D eigenvalue weighted by Crippen LogP contribution is -2.19. The SMILES string of the molecule is COCCOCn1[nH]c2cc(N)c3cc4ccccc4cc3c2c1=O. The van der Waals surface area contributed by atoms with E-state index in [0.29, 0.717) is 29.8 Å². The summed E-state index contributed by atoms with van der Waals surface area (Å²) in [6.07, 6.45) is 0. The van der Waals surface area contributed by atoms with Gasteiger partial charge in [-0.25, -0.2) is 4.68 Å². The zero-order chi connectivity index (χ0) is 17.4. The maximum absolute atomic E-state index is 12.8. The van der Waals surface area contributed by atoms with Crippen LogP contribution in [0.5, 0.6) is 0 Å². The lowest BCUT2D eigenvalue weighted by Gasteiger charge is -2.06. The number of nitrogens with two attached hydrogens (primary N) is 1. The monoisotopic (exact) mass is 337 g/mol. The highest BCUT2D eigenvalue weighted by molar-refractivity contribution is 6.15. The fraction of sp³-hybridized carbons (Fsp3) is 0.211. The third kappa shape index (κ3) is 2.65. The molecule has 1 heterocycles. The number of H-pyrrole nitrogens is 1. The maximum Gasteiger partial charge on any atom is 0.277 e. The van der Waals surface area contributed by atoms with Crippen LogP contribution in [0, 0.1) is 0 Å². The molecule has 0 saturated carbocycles. The summed E-state index contributed by atoms with van der Waals surface area (Å²) in [5, 5.41) is 7.62. The maximum atomic E-state index is 12.8. The van der Waals surface area contributed by atoms with Gasteiger partial charge in [0.05, 0.1) is 24.1 Å². The van der Waals surface area contributed by atoms with E-state index < -0.39 is 0 Å². The average molecular weight is 337 g/mol. The van der Waals surface area contributed by atoms with Gasteiger partial charge in [-0.15, -0.1) is 0 Å². The minimum Gasteiger partial charge on any atom is -0.398 e. The Labute approximate surface area is 143 Å². The number of fused-ring (bicyclic) bond motifs is 4. The van der Waals surface area contributed by atoms with Crippen molar-refractivity contribution in [3.8, 4) is 0 Å². The van der Waals surface area contributed by atoms with Crippen molar-refractivity contribution in [3.05, 3.63) is 52.8 Å². The van der Waals surface area contributed by atoms with E-state index in [4.69, 9.17) is 15.2 Å². The van der Waals surface area contributed by atoms with Crippen molar-refractivity contribution >= 4 is 38.1 Å². The summed E-state index contributed by atoms with van der Waals surface area (Å²) < 4.78 is 11.9. The third-order valence-corrected chi connectivity index (χ3v) is 4.40. The topological polar surface area (TPSA) is 82.3 Å². The van der Waals surface area contributed by atoms with E-state index in [1.165, 1.54) is 4.68 Å². The highest BCUT2D eigenvalue weighted by Gasteiger charge is 2.13. The Morgan fingerprint density at radius 1 is 1.08 bits per heavy atom. The van der Waals surface area contributed by atoms with Crippen molar-refractivity contribution in [3.63, 3.8) is 0 Å². The summed E-state index contributed by atoms with van der Waals surface area (Å²) in [6.45, 7) is 1.05. The quantitative estimate of drug-likeness (QED) is 0.333. The molecule has 3 aromatic carbocycles. The molecule has 0 amide bonds. The minimum atomic E-state index is -0.118. The van der Waals surface area contributed by atoms with Crippen molar-refractivity contribution in [2.24, 2.45) is 0 Å². The van der Waals surface area contributed by atoms with Crippen LogP contribution in [0.1, 0.15) is 0 Å². The Bertz CT molecular complexity index is 1130. The minimum absolute atomic E-state index is 0.118. The lowest BCUT2D eigenvalue weighted by molar-refractivity contribution is 0.0278. The number of hydrogen-bond acceptors (Lipinski definition) is 4. The Balaban J connectivity index is 1.91. The van der Waals surface area contributed by atoms with E-state index in [1.807, 2.05) is 36.4 Å². The van der Waals surface area contributed by atoms with Gasteiger partial charge in [0.15, 0.2) is 0 Å². The van der Waals surface area contributed by atoms with Gasteiger partial charge >= 0.3 is 0 Å². The zero-order valence-electron chi connectivity index (χ0n) is 13.9. The first-order valence-electron chi connectivity index (χ1n) is 8.09. The van der Waals surface area contributed by atoms with Gasteiger partial charge in [0, 0.05) is 18.2 Å². The first kappa shape index (κ1) is 15.7. The van der Waals surface area contributed by atoms with E-state index in [9.17, 15) is 4.79 Å². The van der Waals surface area contributed by atoms with Crippen LogP contribution in [-0.4, -0.2) is 30.1 Å². The number of aromatic amines is 1. The van der Waals surface area contributed by atoms with E-state index in [2.05, 4.69) is 5.10 Å². The highest BCUT2D eigenvalue weighted by atomic mass is 16.5. The van der Waals surface area contributed by atoms with Crippen LogP contribution in [0.4, 0.5) is 5.69 Å². The molecule has 6 nitrogen and oxygen atoms in total. The Morgan fingerprint density at radius 3 is 2.52 bits per heavy atom. The van der Waals surface area contributed by atoms with Gasteiger partial charge in [-0.2, -0.15) is 0 Å². The molecule has 0 atom stereocenters. The summed E-state index contributed by atoms with van der Waals surface area (Å²) >= 11 is 0. The number of aromatic nitrogens is 2. The van der Waals surface area contributed by atoms with Crippen molar-refractivity contribution < 1.29 is 9.47 Å². The van der Waals surface area contributed by atoms with Gasteiger partial charge in [0.2, 0.25) is 0 Å². The lowest BCUT2D eigenvalue weighted by atomic mass is 10.00. The molecule has 128 valence electrons. The number of anilines is 1. The van der Waals surface area contributed by atoms with Crippen molar-refractivity contribution in [2.75, 3.05) is 26.1 Å². The number of nitrogens with zero attached hydrogens (tertiary/aromatic N) is 1. The molecule has 4 aromatic rings. The molecule has 0 bridgehead atoms. The molecule has 25 heavy (non-hydrogen) atoms. The van der Waals surface area contributed by atoms with Crippen LogP contribution in [0.15, 0.2) is 47.3 Å². The number of ether oxygens (including phenoxy) is 2. The fourth-order valence-electron chi connectivity index (χ4n) is 3.18. The van der Waals surface area contributed by atoms with Crippen molar-refractivity contribution in [1.82, 2.24) is 9.78 Å². The molecule has 0 saturated heterocycles. The Kier molecular flexibility index (Phi) is 3.91. The van der Waals surface area contributed by atoms with Crippen LogP contribution in [0.25, 0.3) is 32.4 Å². The third-order valence-electron chi connectivity index (χ3n) is 4.40. The number of nitrogen functional groups attached to an aromatic ring is 1. The van der Waals surface area contributed by atoms with Gasteiger partial charge < -0.3 is 15.2 Å². The number of hydrogen-bond donors (Lipinski definition) is 2.